The molecule has 0 aromatic rings. The lowest BCUT2D eigenvalue weighted by molar-refractivity contribution is 0.0742. The Morgan fingerprint density at radius 3 is 2.59 bits per heavy atom. The van der Waals surface area contributed by atoms with Gasteiger partial charge in [-0.2, -0.15) is 0 Å². The van der Waals surface area contributed by atoms with Gasteiger partial charge in [-0.15, -0.1) is 0 Å². The van der Waals surface area contributed by atoms with E-state index in [4.69, 9.17) is 4.74 Å². The van der Waals surface area contributed by atoms with E-state index in [2.05, 4.69) is 19.3 Å². The zero-order valence-electron chi connectivity index (χ0n) is 11.6. The number of rotatable bonds is 5. The molecular weight excluding hydrogens is 210 g/mol. The van der Waals surface area contributed by atoms with Gasteiger partial charge in [-0.05, 0) is 32.2 Å². The minimum absolute atomic E-state index is 0.510. The molecule has 0 aromatic heterocycles. The Morgan fingerprint density at radius 2 is 1.94 bits per heavy atom. The zero-order chi connectivity index (χ0) is 12.1. The third-order valence-electron chi connectivity index (χ3n) is 4.86. The van der Waals surface area contributed by atoms with Crippen LogP contribution in [-0.2, 0) is 4.74 Å². The molecule has 2 aliphatic rings. The second-order valence-electron chi connectivity index (χ2n) is 5.90. The van der Waals surface area contributed by atoms with Crippen molar-refractivity contribution in [2.75, 3.05) is 13.7 Å². The van der Waals surface area contributed by atoms with Gasteiger partial charge in [0.1, 0.15) is 0 Å². The minimum Gasteiger partial charge on any atom is -0.378 e. The fraction of sp³-hybridized carbons (Fsp3) is 1.00. The van der Waals surface area contributed by atoms with Gasteiger partial charge in [0.25, 0.3) is 0 Å². The van der Waals surface area contributed by atoms with Gasteiger partial charge in [-0.3, -0.25) is 0 Å². The molecule has 0 bridgehead atoms. The molecule has 1 saturated carbocycles. The maximum atomic E-state index is 5.85. The smallest absolute Gasteiger partial charge is 0.0616 e. The monoisotopic (exact) mass is 239 g/mol. The first kappa shape index (κ1) is 13.4. The number of nitrogens with one attached hydrogen (secondary N) is 1. The van der Waals surface area contributed by atoms with Crippen LogP contribution in [0.3, 0.4) is 0 Å². The van der Waals surface area contributed by atoms with Crippen molar-refractivity contribution in [1.29, 1.82) is 0 Å². The van der Waals surface area contributed by atoms with Crippen molar-refractivity contribution in [2.45, 2.75) is 70.4 Å². The molecule has 1 aliphatic heterocycles. The van der Waals surface area contributed by atoms with Crippen LogP contribution in [-0.4, -0.2) is 25.8 Å². The molecule has 2 heteroatoms. The van der Waals surface area contributed by atoms with Crippen molar-refractivity contribution < 1.29 is 4.74 Å². The van der Waals surface area contributed by atoms with Gasteiger partial charge in [0.2, 0.25) is 0 Å². The summed E-state index contributed by atoms with van der Waals surface area (Å²) in [7, 11) is 2.14. The Hall–Kier alpha value is -0.0800. The van der Waals surface area contributed by atoms with E-state index in [1.54, 1.807) is 0 Å². The van der Waals surface area contributed by atoms with E-state index in [1.165, 1.54) is 51.4 Å². The summed E-state index contributed by atoms with van der Waals surface area (Å²) in [5.74, 6) is 1.73. The summed E-state index contributed by atoms with van der Waals surface area (Å²) in [6.07, 6.45) is 11.6. The normalized spacial score (nSPS) is 32.8. The SMILES string of the molecule is CCC1OCCC1C(CC1CCCCC1)NC. The number of ether oxygens (including phenoxy) is 1. The molecule has 3 atom stereocenters. The highest BCUT2D eigenvalue weighted by Crippen LogP contribution is 2.33. The molecular formula is C15H29NO. The molecule has 1 aliphatic carbocycles. The van der Waals surface area contributed by atoms with Crippen molar-refractivity contribution in [3.05, 3.63) is 0 Å². The van der Waals surface area contributed by atoms with Crippen LogP contribution in [0.25, 0.3) is 0 Å². The lowest BCUT2D eigenvalue weighted by Crippen LogP contribution is -2.39. The van der Waals surface area contributed by atoms with Gasteiger partial charge in [-0.1, -0.05) is 39.0 Å². The lowest BCUT2D eigenvalue weighted by Gasteiger charge is -2.31. The Kier molecular flexibility index (Phi) is 5.30. The zero-order valence-corrected chi connectivity index (χ0v) is 11.6. The molecule has 3 unspecified atom stereocenters. The molecule has 0 spiro atoms. The van der Waals surface area contributed by atoms with Crippen molar-refractivity contribution in [2.24, 2.45) is 11.8 Å². The summed E-state index contributed by atoms with van der Waals surface area (Å²) in [5.41, 5.74) is 0. The van der Waals surface area contributed by atoms with Crippen LogP contribution in [0.5, 0.6) is 0 Å². The Morgan fingerprint density at radius 1 is 1.18 bits per heavy atom. The first-order valence-corrected chi connectivity index (χ1v) is 7.64. The van der Waals surface area contributed by atoms with Gasteiger partial charge in [0, 0.05) is 18.6 Å². The fourth-order valence-electron chi connectivity index (χ4n) is 3.83. The average molecular weight is 239 g/mol. The van der Waals surface area contributed by atoms with Crippen LogP contribution in [0.1, 0.15) is 58.3 Å². The Bertz CT molecular complexity index is 213. The highest BCUT2D eigenvalue weighted by Gasteiger charge is 2.34. The first-order valence-electron chi connectivity index (χ1n) is 7.64. The van der Waals surface area contributed by atoms with E-state index in [9.17, 15) is 0 Å². The van der Waals surface area contributed by atoms with Gasteiger partial charge >= 0.3 is 0 Å². The number of hydrogen-bond acceptors (Lipinski definition) is 2. The number of hydrogen-bond donors (Lipinski definition) is 1. The molecule has 0 amide bonds. The summed E-state index contributed by atoms with van der Waals surface area (Å²) in [6.45, 7) is 3.24. The molecule has 2 rings (SSSR count). The summed E-state index contributed by atoms with van der Waals surface area (Å²) in [5, 5.41) is 3.58. The summed E-state index contributed by atoms with van der Waals surface area (Å²) in [4.78, 5) is 0. The molecule has 1 saturated heterocycles. The van der Waals surface area contributed by atoms with Crippen LogP contribution in [0, 0.1) is 11.8 Å². The van der Waals surface area contributed by atoms with Crippen molar-refractivity contribution in [3.8, 4) is 0 Å². The predicted molar refractivity (Wildman–Crippen MR) is 72.2 cm³/mol. The van der Waals surface area contributed by atoms with Gasteiger partial charge in [0.15, 0.2) is 0 Å². The standard InChI is InChI=1S/C15H29NO/c1-3-15-13(9-10-17-15)14(16-2)11-12-7-5-4-6-8-12/h12-16H,3-11H2,1-2H3. The minimum atomic E-state index is 0.510. The summed E-state index contributed by atoms with van der Waals surface area (Å²) in [6, 6.07) is 0.686. The maximum absolute atomic E-state index is 5.85. The third-order valence-corrected chi connectivity index (χ3v) is 4.86. The van der Waals surface area contributed by atoms with E-state index in [1.807, 2.05) is 0 Å². The van der Waals surface area contributed by atoms with E-state index in [0.717, 1.165) is 18.4 Å². The van der Waals surface area contributed by atoms with Gasteiger partial charge in [-0.25, -0.2) is 0 Å². The highest BCUT2D eigenvalue weighted by atomic mass is 16.5. The average Bonchev–Trinajstić information content (AvgIpc) is 2.85. The molecule has 17 heavy (non-hydrogen) atoms. The molecule has 2 nitrogen and oxygen atoms in total. The largest absolute Gasteiger partial charge is 0.378 e. The van der Waals surface area contributed by atoms with E-state index in [0.29, 0.717) is 12.1 Å². The second-order valence-corrected chi connectivity index (χ2v) is 5.90. The Labute approximate surface area is 107 Å². The van der Waals surface area contributed by atoms with Crippen LogP contribution in [0.4, 0.5) is 0 Å². The van der Waals surface area contributed by atoms with Crippen LogP contribution < -0.4 is 5.32 Å². The topological polar surface area (TPSA) is 21.3 Å². The molecule has 0 aromatic carbocycles. The van der Waals surface area contributed by atoms with Crippen LogP contribution in [0.15, 0.2) is 0 Å². The second kappa shape index (κ2) is 6.75. The maximum Gasteiger partial charge on any atom is 0.0616 e. The molecule has 1 N–H and O–H groups in total. The summed E-state index contributed by atoms with van der Waals surface area (Å²) < 4.78 is 5.85. The fourth-order valence-corrected chi connectivity index (χ4v) is 3.83. The lowest BCUT2D eigenvalue weighted by atomic mass is 9.80. The quantitative estimate of drug-likeness (QED) is 0.794. The van der Waals surface area contributed by atoms with Gasteiger partial charge < -0.3 is 10.1 Å². The Balaban J connectivity index is 1.86. The van der Waals surface area contributed by atoms with Crippen LogP contribution in [0.2, 0.25) is 0 Å². The highest BCUT2D eigenvalue weighted by molar-refractivity contribution is 4.87. The van der Waals surface area contributed by atoms with E-state index < -0.39 is 0 Å². The van der Waals surface area contributed by atoms with Crippen molar-refractivity contribution in [1.82, 2.24) is 5.32 Å². The molecule has 2 fully saturated rings. The molecule has 1 heterocycles. The van der Waals surface area contributed by atoms with E-state index >= 15 is 0 Å². The molecule has 100 valence electrons. The van der Waals surface area contributed by atoms with Crippen molar-refractivity contribution in [3.63, 3.8) is 0 Å². The van der Waals surface area contributed by atoms with Crippen molar-refractivity contribution >= 4 is 0 Å². The predicted octanol–water partition coefficient (Wildman–Crippen LogP) is 3.36. The molecule has 0 radical (unpaired) electrons. The first-order chi connectivity index (χ1) is 8.35. The van der Waals surface area contributed by atoms with E-state index in [-0.39, 0.29) is 0 Å². The summed E-state index contributed by atoms with van der Waals surface area (Å²) >= 11 is 0. The van der Waals surface area contributed by atoms with Crippen LogP contribution >= 0.6 is 0 Å². The third kappa shape index (κ3) is 3.45. The van der Waals surface area contributed by atoms with Gasteiger partial charge in [0.05, 0.1) is 6.10 Å².